The average molecular weight is 273 g/mol. The first-order valence-electron chi connectivity index (χ1n) is 6.53. The summed E-state index contributed by atoms with van der Waals surface area (Å²) in [7, 11) is 0. The van der Waals surface area contributed by atoms with Gasteiger partial charge in [0.1, 0.15) is 0 Å². The smallest absolute Gasteiger partial charge is 0.275 e. The van der Waals surface area contributed by atoms with Crippen LogP contribution in [0.4, 0.5) is 0 Å². The van der Waals surface area contributed by atoms with Crippen molar-refractivity contribution >= 4 is 17.2 Å². The van der Waals surface area contributed by atoms with E-state index in [1.165, 1.54) is 19.3 Å². The van der Waals surface area contributed by atoms with Gasteiger partial charge in [-0.2, -0.15) is 0 Å². The monoisotopic (exact) mass is 273 g/mol. The highest BCUT2D eigenvalue weighted by atomic mass is 32.1. The van der Waals surface area contributed by atoms with Crippen LogP contribution < -0.4 is 0 Å². The van der Waals surface area contributed by atoms with Crippen molar-refractivity contribution in [3.8, 4) is 11.5 Å². The Balaban J connectivity index is 1.79. The molecule has 1 aromatic heterocycles. The summed E-state index contributed by atoms with van der Waals surface area (Å²) in [6, 6.07) is 9.74. The van der Waals surface area contributed by atoms with Gasteiger partial charge in [0.2, 0.25) is 5.89 Å². The van der Waals surface area contributed by atoms with E-state index >= 15 is 0 Å². The number of nitrogens with zero attached hydrogens (tertiary/aromatic N) is 3. The maximum Gasteiger partial charge on any atom is 0.275 e. The van der Waals surface area contributed by atoms with Gasteiger partial charge in [-0.1, -0.05) is 30.4 Å². The molecule has 2 aromatic rings. The Morgan fingerprint density at radius 2 is 1.79 bits per heavy atom. The van der Waals surface area contributed by atoms with Crippen LogP contribution in [0.5, 0.6) is 0 Å². The third-order valence-corrected chi connectivity index (χ3v) is 3.70. The SMILES string of the molecule is S=C(c1nnc(-c2ccccc2)o1)N1CCCCC1. The zero-order valence-electron chi connectivity index (χ0n) is 10.6. The lowest BCUT2D eigenvalue weighted by molar-refractivity contribution is 0.341. The maximum atomic E-state index is 5.68. The fourth-order valence-corrected chi connectivity index (χ4v) is 2.50. The first kappa shape index (κ1) is 12.3. The molecule has 0 bridgehead atoms. The Hall–Kier alpha value is -1.75. The number of piperidine rings is 1. The second kappa shape index (κ2) is 5.48. The van der Waals surface area contributed by atoms with Gasteiger partial charge in [-0.3, -0.25) is 0 Å². The molecule has 0 amide bonds. The van der Waals surface area contributed by atoms with Crippen LogP contribution in [0.1, 0.15) is 25.2 Å². The molecule has 0 aliphatic carbocycles. The number of hydrogen-bond acceptors (Lipinski definition) is 4. The first-order valence-corrected chi connectivity index (χ1v) is 6.93. The number of aromatic nitrogens is 2. The zero-order valence-corrected chi connectivity index (χ0v) is 11.4. The second-order valence-corrected chi connectivity index (χ2v) is 5.02. The molecular weight excluding hydrogens is 258 g/mol. The second-order valence-electron chi connectivity index (χ2n) is 4.63. The van der Waals surface area contributed by atoms with E-state index in [9.17, 15) is 0 Å². The Kier molecular flexibility index (Phi) is 3.55. The lowest BCUT2D eigenvalue weighted by Crippen LogP contribution is -2.35. The van der Waals surface area contributed by atoms with Crippen LogP contribution in [0.3, 0.4) is 0 Å². The van der Waals surface area contributed by atoms with Gasteiger partial charge in [-0.15, -0.1) is 10.2 Å². The van der Waals surface area contributed by atoms with Gasteiger partial charge >= 0.3 is 0 Å². The summed E-state index contributed by atoms with van der Waals surface area (Å²) in [4.78, 5) is 2.83. The van der Waals surface area contributed by atoms with Crippen molar-refractivity contribution in [1.82, 2.24) is 15.1 Å². The van der Waals surface area contributed by atoms with Gasteiger partial charge in [-0.05, 0) is 31.4 Å². The van der Waals surface area contributed by atoms with Crippen LogP contribution in [0.25, 0.3) is 11.5 Å². The first-order chi connectivity index (χ1) is 9.34. The minimum atomic E-state index is 0.454. The number of hydrogen-bond donors (Lipinski definition) is 0. The number of benzene rings is 1. The third kappa shape index (κ3) is 2.66. The van der Waals surface area contributed by atoms with E-state index in [1.807, 2.05) is 30.3 Å². The van der Waals surface area contributed by atoms with E-state index in [1.54, 1.807) is 0 Å². The van der Waals surface area contributed by atoms with E-state index in [2.05, 4.69) is 15.1 Å². The summed E-state index contributed by atoms with van der Waals surface area (Å²) in [5.41, 5.74) is 0.919. The molecule has 1 fully saturated rings. The van der Waals surface area contributed by atoms with Crippen molar-refractivity contribution in [2.75, 3.05) is 13.1 Å². The largest absolute Gasteiger partial charge is 0.414 e. The number of likely N-dealkylation sites (tertiary alicyclic amines) is 1. The molecule has 3 rings (SSSR count). The Labute approximate surface area is 117 Å². The Bertz CT molecular complexity index is 561. The van der Waals surface area contributed by atoms with Gasteiger partial charge in [0.15, 0.2) is 4.99 Å². The predicted octanol–water partition coefficient (Wildman–Crippen LogP) is 2.90. The van der Waals surface area contributed by atoms with Crippen molar-refractivity contribution < 1.29 is 4.42 Å². The molecule has 0 spiro atoms. The summed E-state index contributed by atoms with van der Waals surface area (Å²) in [6.45, 7) is 1.98. The van der Waals surface area contributed by atoms with Crippen LogP contribution in [0.15, 0.2) is 34.7 Å². The van der Waals surface area contributed by atoms with Crippen LogP contribution in [-0.2, 0) is 0 Å². The van der Waals surface area contributed by atoms with Gasteiger partial charge in [0.05, 0.1) is 0 Å². The summed E-state index contributed by atoms with van der Waals surface area (Å²) >= 11 is 5.43. The molecule has 0 saturated carbocycles. The molecule has 1 aromatic carbocycles. The van der Waals surface area contributed by atoms with E-state index < -0.39 is 0 Å². The zero-order chi connectivity index (χ0) is 13.1. The molecule has 0 radical (unpaired) electrons. The van der Waals surface area contributed by atoms with Crippen LogP contribution in [0, 0.1) is 0 Å². The van der Waals surface area contributed by atoms with Crippen LogP contribution in [0.2, 0.25) is 0 Å². The number of rotatable bonds is 2. The van der Waals surface area contributed by atoms with Gasteiger partial charge in [-0.25, -0.2) is 0 Å². The molecule has 0 N–H and O–H groups in total. The summed E-state index contributed by atoms with van der Waals surface area (Å²) < 4.78 is 5.68. The highest BCUT2D eigenvalue weighted by Crippen LogP contribution is 2.19. The van der Waals surface area contributed by atoms with Crippen molar-refractivity contribution in [3.63, 3.8) is 0 Å². The molecule has 0 atom stereocenters. The summed E-state index contributed by atoms with van der Waals surface area (Å²) in [5.74, 6) is 0.978. The average Bonchev–Trinajstić information content (AvgIpc) is 2.98. The fourth-order valence-electron chi connectivity index (χ4n) is 2.24. The molecule has 2 heterocycles. The van der Waals surface area contributed by atoms with Crippen LogP contribution in [-0.4, -0.2) is 33.2 Å². The lowest BCUT2D eigenvalue weighted by atomic mass is 10.1. The Morgan fingerprint density at radius 3 is 2.53 bits per heavy atom. The number of thiocarbonyl (C=S) groups is 1. The molecule has 1 saturated heterocycles. The molecule has 1 aliphatic rings. The standard InChI is InChI=1S/C14H15N3OS/c19-14(17-9-5-2-6-10-17)13-16-15-12(18-13)11-7-3-1-4-8-11/h1,3-4,7-8H,2,5-6,9-10H2. The van der Waals surface area contributed by atoms with E-state index in [0.29, 0.717) is 16.8 Å². The lowest BCUT2D eigenvalue weighted by Gasteiger charge is -2.27. The molecule has 19 heavy (non-hydrogen) atoms. The fraction of sp³-hybridized carbons (Fsp3) is 0.357. The molecule has 1 aliphatic heterocycles. The van der Waals surface area contributed by atoms with Gasteiger partial charge < -0.3 is 9.32 Å². The Morgan fingerprint density at radius 1 is 1.05 bits per heavy atom. The van der Waals surface area contributed by atoms with E-state index in [-0.39, 0.29) is 0 Å². The van der Waals surface area contributed by atoms with Crippen molar-refractivity contribution in [1.29, 1.82) is 0 Å². The topological polar surface area (TPSA) is 42.2 Å². The summed E-state index contributed by atoms with van der Waals surface area (Å²) in [5, 5.41) is 8.14. The van der Waals surface area contributed by atoms with Crippen LogP contribution >= 0.6 is 12.2 Å². The van der Waals surface area contributed by atoms with Gasteiger partial charge in [0.25, 0.3) is 5.89 Å². The highest BCUT2D eigenvalue weighted by Gasteiger charge is 2.20. The van der Waals surface area contributed by atoms with E-state index in [4.69, 9.17) is 16.6 Å². The van der Waals surface area contributed by atoms with Crippen molar-refractivity contribution in [3.05, 3.63) is 36.2 Å². The highest BCUT2D eigenvalue weighted by molar-refractivity contribution is 7.80. The maximum absolute atomic E-state index is 5.68. The van der Waals surface area contributed by atoms with Gasteiger partial charge in [0, 0.05) is 18.7 Å². The predicted molar refractivity (Wildman–Crippen MR) is 76.9 cm³/mol. The van der Waals surface area contributed by atoms with E-state index in [0.717, 1.165) is 18.7 Å². The molecule has 5 heteroatoms. The van der Waals surface area contributed by atoms with Crippen molar-refractivity contribution in [2.45, 2.75) is 19.3 Å². The minimum absolute atomic E-state index is 0.454. The summed E-state index contributed by atoms with van der Waals surface area (Å²) in [6.07, 6.45) is 3.64. The third-order valence-electron chi connectivity index (χ3n) is 3.27. The molecule has 4 nitrogen and oxygen atoms in total. The molecule has 0 unspecified atom stereocenters. The molecular formula is C14H15N3OS. The quantitative estimate of drug-likeness (QED) is 0.787. The van der Waals surface area contributed by atoms with Crippen molar-refractivity contribution in [2.24, 2.45) is 0 Å². The minimum Gasteiger partial charge on any atom is -0.414 e. The normalized spacial score (nSPS) is 15.5. The molecule has 98 valence electrons.